The molecule has 2 N–H and O–H groups in total. The van der Waals surface area contributed by atoms with Crippen LogP contribution in [0.15, 0.2) is 0 Å². The predicted molar refractivity (Wildman–Crippen MR) is 36.0 cm³/mol. The zero-order valence-corrected chi connectivity index (χ0v) is 6.19. The van der Waals surface area contributed by atoms with E-state index in [4.69, 9.17) is 5.73 Å². The van der Waals surface area contributed by atoms with Crippen molar-refractivity contribution in [3.8, 4) is 0 Å². The summed E-state index contributed by atoms with van der Waals surface area (Å²) in [6, 6.07) is -0.240. The Kier molecular flexibility index (Phi) is 2.42. The van der Waals surface area contributed by atoms with Crippen LogP contribution in [0.25, 0.3) is 0 Å². The van der Waals surface area contributed by atoms with Crippen LogP contribution in [0.1, 0.15) is 25.7 Å². The second kappa shape index (κ2) is 3.01. The summed E-state index contributed by atoms with van der Waals surface area (Å²) in [5.74, 6) is -1.15. The minimum atomic E-state index is -4.03. The van der Waals surface area contributed by atoms with E-state index in [1.165, 1.54) is 0 Å². The Morgan fingerprint density at radius 1 is 1.18 bits per heavy atom. The average Bonchev–Trinajstić information content (AvgIpc) is 1.86. The van der Waals surface area contributed by atoms with Crippen molar-refractivity contribution in [2.75, 3.05) is 0 Å². The maximum absolute atomic E-state index is 12.1. The van der Waals surface area contributed by atoms with Gasteiger partial charge in [0.15, 0.2) is 0 Å². The number of hydrogen-bond acceptors (Lipinski definition) is 1. The van der Waals surface area contributed by atoms with Gasteiger partial charge in [-0.05, 0) is 19.3 Å². The highest BCUT2D eigenvalue weighted by atomic mass is 19.4. The molecular formula is C7H12F3N. The van der Waals surface area contributed by atoms with Crippen molar-refractivity contribution in [3.05, 3.63) is 0 Å². The van der Waals surface area contributed by atoms with Gasteiger partial charge in [0.2, 0.25) is 0 Å². The third-order valence-electron chi connectivity index (χ3n) is 2.18. The van der Waals surface area contributed by atoms with Gasteiger partial charge >= 0.3 is 6.18 Å². The fourth-order valence-corrected chi connectivity index (χ4v) is 1.52. The van der Waals surface area contributed by atoms with E-state index >= 15 is 0 Å². The van der Waals surface area contributed by atoms with Gasteiger partial charge in [0.05, 0.1) is 5.92 Å². The van der Waals surface area contributed by atoms with Crippen molar-refractivity contribution >= 4 is 0 Å². The first-order valence-corrected chi connectivity index (χ1v) is 3.82. The molecule has 0 aromatic carbocycles. The summed E-state index contributed by atoms with van der Waals surface area (Å²) in [5.41, 5.74) is 5.42. The first kappa shape index (κ1) is 8.84. The van der Waals surface area contributed by atoms with Crippen LogP contribution in [0.4, 0.5) is 13.2 Å². The Balaban J connectivity index is 2.46. The maximum atomic E-state index is 12.1. The number of rotatable bonds is 0. The molecule has 0 aromatic heterocycles. The van der Waals surface area contributed by atoms with Gasteiger partial charge in [0.1, 0.15) is 0 Å². The standard InChI is InChI=1S/C7H12F3N/c8-7(9,10)5-2-1-3-6(11)4-5/h5-6H,1-4,11H2/t5?,6-/m1/s1. The van der Waals surface area contributed by atoms with E-state index in [0.717, 1.165) is 6.42 Å². The summed E-state index contributed by atoms with van der Waals surface area (Å²) in [7, 11) is 0. The van der Waals surface area contributed by atoms with Crippen molar-refractivity contribution < 1.29 is 13.2 Å². The third-order valence-corrected chi connectivity index (χ3v) is 2.18. The van der Waals surface area contributed by atoms with Gasteiger partial charge in [-0.25, -0.2) is 0 Å². The number of halogens is 3. The van der Waals surface area contributed by atoms with E-state index in [1.807, 2.05) is 0 Å². The van der Waals surface area contributed by atoms with Gasteiger partial charge in [0, 0.05) is 6.04 Å². The molecule has 0 radical (unpaired) electrons. The normalized spacial score (nSPS) is 33.8. The lowest BCUT2D eigenvalue weighted by Gasteiger charge is -2.28. The molecule has 1 nitrogen and oxygen atoms in total. The third kappa shape index (κ3) is 2.36. The molecule has 1 saturated carbocycles. The summed E-state index contributed by atoms with van der Waals surface area (Å²) in [4.78, 5) is 0. The topological polar surface area (TPSA) is 26.0 Å². The summed E-state index contributed by atoms with van der Waals surface area (Å²) >= 11 is 0. The Morgan fingerprint density at radius 3 is 2.18 bits per heavy atom. The van der Waals surface area contributed by atoms with Crippen LogP contribution in [-0.4, -0.2) is 12.2 Å². The molecule has 0 amide bonds. The highest BCUT2D eigenvalue weighted by Gasteiger charge is 2.41. The second-order valence-electron chi connectivity index (χ2n) is 3.17. The molecule has 0 spiro atoms. The maximum Gasteiger partial charge on any atom is 0.391 e. The smallest absolute Gasteiger partial charge is 0.328 e. The highest BCUT2D eigenvalue weighted by Crippen LogP contribution is 2.36. The number of hydrogen-bond donors (Lipinski definition) is 1. The van der Waals surface area contributed by atoms with Crippen LogP contribution in [0.5, 0.6) is 0 Å². The fraction of sp³-hybridized carbons (Fsp3) is 1.00. The summed E-state index contributed by atoms with van der Waals surface area (Å²) in [6.45, 7) is 0. The molecule has 1 fully saturated rings. The summed E-state index contributed by atoms with van der Waals surface area (Å²) in [5, 5.41) is 0. The van der Waals surface area contributed by atoms with Crippen LogP contribution in [0.2, 0.25) is 0 Å². The molecule has 0 bridgehead atoms. The van der Waals surface area contributed by atoms with Gasteiger partial charge < -0.3 is 5.73 Å². The van der Waals surface area contributed by atoms with E-state index < -0.39 is 12.1 Å². The first-order valence-electron chi connectivity index (χ1n) is 3.82. The monoisotopic (exact) mass is 167 g/mol. The SMILES string of the molecule is N[C@@H]1CCCC(C(F)(F)F)C1. The fourth-order valence-electron chi connectivity index (χ4n) is 1.52. The van der Waals surface area contributed by atoms with Crippen molar-refractivity contribution in [1.29, 1.82) is 0 Å². The van der Waals surface area contributed by atoms with Crippen LogP contribution < -0.4 is 5.73 Å². The number of alkyl halides is 3. The Bertz CT molecular complexity index is 132. The quantitative estimate of drug-likeness (QED) is 0.587. The lowest BCUT2D eigenvalue weighted by atomic mass is 9.86. The van der Waals surface area contributed by atoms with E-state index in [1.54, 1.807) is 0 Å². The molecule has 1 aliphatic rings. The van der Waals surface area contributed by atoms with Crippen LogP contribution in [0.3, 0.4) is 0 Å². The lowest BCUT2D eigenvalue weighted by molar-refractivity contribution is -0.182. The molecular weight excluding hydrogens is 155 g/mol. The minimum absolute atomic E-state index is 0.115. The van der Waals surface area contributed by atoms with E-state index in [2.05, 4.69) is 0 Å². The highest BCUT2D eigenvalue weighted by molar-refractivity contribution is 4.79. The molecule has 0 aliphatic heterocycles. The summed E-state index contributed by atoms with van der Waals surface area (Å²) < 4.78 is 36.2. The van der Waals surface area contributed by atoms with Gasteiger partial charge in [-0.15, -0.1) is 0 Å². The molecule has 66 valence electrons. The molecule has 1 unspecified atom stereocenters. The van der Waals surface area contributed by atoms with Gasteiger partial charge in [-0.3, -0.25) is 0 Å². The van der Waals surface area contributed by atoms with Crippen LogP contribution in [-0.2, 0) is 0 Å². The Labute approximate surface area is 63.8 Å². The largest absolute Gasteiger partial charge is 0.391 e. The van der Waals surface area contributed by atoms with Crippen molar-refractivity contribution in [2.24, 2.45) is 11.7 Å². The van der Waals surface area contributed by atoms with Gasteiger partial charge in [0.25, 0.3) is 0 Å². The summed E-state index contributed by atoms with van der Waals surface area (Å²) in [6.07, 6.45) is -2.29. The Hall–Kier alpha value is -0.250. The first-order chi connectivity index (χ1) is 5.00. The lowest BCUT2D eigenvalue weighted by Crippen LogP contribution is -2.35. The van der Waals surface area contributed by atoms with Crippen molar-refractivity contribution in [1.82, 2.24) is 0 Å². The van der Waals surface area contributed by atoms with Crippen molar-refractivity contribution in [3.63, 3.8) is 0 Å². The molecule has 1 rings (SSSR count). The zero-order valence-electron chi connectivity index (χ0n) is 6.19. The predicted octanol–water partition coefficient (Wildman–Crippen LogP) is 2.07. The molecule has 0 saturated heterocycles. The Morgan fingerprint density at radius 2 is 1.82 bits per heavy atom. The van der Waals surface area contributed by atoms with E-state index in [9.17, 15) is 13.2 Å². The number of nitrogens with two attached hydrogens (primary N) is 1. The van der Waals surface area contributed by atoms with Gasteiger partial charge in [-0.2, -0.15) is 13.2 Å². The van der Waals surface area contributed by atoms with Gasteiger partial charge in [-0.1, -0.05) is 6.42 Å². The zero-order chi connectivity index (χ0) is 8.48. The van der Waals surface area contributed by atoms with E-state index in [-0.39, 0.29) is 18.9 Å². The molecule has 2 atom stereocenters. The molecule has 0 heterocycles. The molecule has 1 aliphatic carbocycles. The molecule has 4 heteroatoms. The minimum Gasteiger partial charge on any atom is -0.328 e. The molecule has 0 aromatic rings. The molecule has 11 heavy (non-hydrogen) atoms. The average molecular weight is 167 g/mol. The van der Waals surface area contributed by atoms with Crippen molar-refractivity contribution in [2.45, 2.75) is 37.9 Å². The van der Waals surface area contributed by atoms with Crippen LogP contribution >= 0.6 is 0 Å². The second-order valence-corrected chi connectivity index (χ2v) is 3.17. The van der Waals surface area contributed by atoms with E-state index in [0.29, 0.717) is 6.42 Å². The van der Waals surface area contributed by atoms with Crippen LogP contribution in [0, 0.1) is 5.92 Å².